The summed E-state index contributed by atoms with van der Waals surface area (Å²) in [5, 5.41) is 0. The Morgan fingerprint density at radius 3 is 2.62 bits per heavy atom. The Kier molecular flexibility index (Phi) is 3.01. The van der Waals surface area contributed by atoms with Gasteiger partial charge in [0, 0.05) is 5.57 Å². The van der Waals surface area contributed by atoms with E-state index >= 15 is 0 Å². The summed E-state index contributed by atoms with van der Waals surface area (Å²) in [5.74, 6) is 0. The number of thioether (sulfide) groups is 1. The van der Waals surface area contributed by atoms with E-state index < -0.39 is 0 Å². The lowest BCUT2D eigenvalue weighted by atomic mass is 9.93. The summed E-state index contributed by atoms with van der Waals surface area (Å²) < 4.78 is -0.0914. The molecule has 1 rings (SSSR count). The first-order valence-corrected chi connectivity index (χ1v) is 5.67. The fourth-order valence-corrected chi connectivity index (χ4v) is 3.10. The van der Waals surface area contributed by atoms with Crippen molar-refractivity contribution in [1.82, 2.24) is 0 Å². The smallest absolute Gasteiger partial charge is 0.147 e. The normalized spacial score (nSPS) is 27.9. The average molecular weight is 196 g/mol. The maximum atomic E-state index is 11.0. The minimum Gasteiger partial charge on any atom is -0.298 e. The molecule has 2 heteroatoms. The third-order valence-corrected chi connectivity index (χ3v) is 4.37. The standard InChI is InChI=1S/C11H16OS/c1-8(2)11(13-4)6-5-9(3)10(11)7-12/h7H,1,5-6H2,2-4H3. The van der Waals surface area contributed by atoms with Crippen molar-refractivity contribution < 1.29 is 4.79 Å². The number of carbonyl (C=O) groups is 1. The van der Waals surface area contributed by atoms with Gasteiger partial charge in [0.05, 0.1) is 4.75 Å². The minimum atomic E-state index is -0.0914. The van der Waals surface area contributed by atoms with E-state index in [0.29, 0.717) is 0 Å². The van der Waals surface area contributed by atoms with E-state index in [1.807, 2.05) is 13.8 Å². The number of rotatable bonds is 3. The van der Waals surface area contributed by atoms with Gasteiger partial charge in [0.1, 0.15) is 6.29 Å². The van der Waals surface area contributed by atoms with Crippen LogP contribution in [-0.4, -0.2) is 17.3 Å². The predicted octanol–water partition coefficient (Wildman–Crippen LogP) is 2.97. The number of hydrogen-bond donors (Lipinski definition) is 0. The average Bonchev–Trinajstić information content (AvgIpc) is 2.43. The van der Waals surface area contributed by atoms with Gasteiger partial charge in [-0.3, -0.25) is 4.79 Å². The monoisotopic (exact) mass is 196 g/mol. The largest absolute Gasteiger partial charge is 0.298 e. The Labute approximate surface area is 84.3 Å². The molecule has 0 heterocycles. The van der Waals surface area contributed by atoms with Crippen LogP contribution in [0.1, 0.15) is 26.7 Å². The molecule has 0 aromatic heterocycles. The maximum Gasteiger partial charge on any atom is 0.147 e. The van der Waals surface area contributed by atoms with Gasteiger partial charge in [-0.1, -0.05) is 17.7 Å². The highest BCUT2D eigenvalue weighted by atomic mass is 32.2. The van der Waals surface area contributed by atoms with Crippen LogP contribution in [0.4, 0.5) is 0 Å². The van der Waals surface area contributed by atoms with Gasteiger partial charge >= 0.3 is 0 Å². The summed E-state index contributed by atoms with van der Waals surface area (Å²) in [6.45, 7) is 8.06. The quantitative estimate of drug-likeness (QED) is 0.510. The van der Waals surface area contributed by atoms with Crippen LogP contribution in [0.25, 0.3) is 0 Å². The van der Waals surface area contributed by atoms with Crippen LogP contribution in [-0.2, 0) is 4.79 Å². The summed E-state index contributed by atoms with van der Waals surface area (Å²) >= 11 is 1.74. The van der Waals surface area contributed by atoms with Gasteiger partial charge in [-0.15, -0.1) is 11.8 Å². The topological polar surface area (TPSA) is 17.1 Å². The van der Waals surface area contributed by atoms with Crippen LogP contribution in [0.3, 0.4) is 0 Å². The lowest BCUT2D eigenvalue weighted by Crippen LogP contribution is -2.25. The van der Waals surface area contributed by atoms with E-state index in [1.54, 1.807) is 11.8 Å². The number of hydrogen-bond acceptors (Lipinski definition) is 2. The molecular formula is C11H16OS. The lowest BCUT2D eigenvalue weighted by Gasteiger charge is -2.28. The SMILES string of the molecule is C=C(C)C1(SC)CCC(C)=C1C=O. The van der Waals surface area contributed by atoms with Crippen molar-refractivity contribution in [2.24, 2.45) is 0 Å². The first-order chi connectivity index (χ1) is 6.08. The first-order valence-electron chi connectivity index (χ1n) is 4.45. The molecule has 1 atom stereocenters. The van der Waals surface area contributed by atoms with Gasteiger partial charge < -0.3 is 0 Å². The lowest BCUT2D eigenvalue weighted by molar-refractivity contribution is -0.105. The molecule has 0 aliphatic heterocycles. The molecule has 0 fully saturated rings. The second-order valence-corrected chi connectivity index (χ2v) is 4.73. The zero-order chi connectivity index (χ0) is 10.1. The fourth-order valence-electron chi connectivity index (χ4n) is 2.00. The number of allylic oxidation sites excluding steroid dienone is 1. The van der Waals surface area contributed by atoms with Gasteiger partial charge in [-0.2, -0.15) is 0 Å². The fraction of sp³-hybridized carbons (Fsp3) is 0.545. The molecule has 1 unspecified atom stereocenters. The molecule has 0 spiro atoms. The predicted molar refractivity (Wildman–Crippen MR) is 59.1 cm³/mol. The number of carbonyl (C=O) groups excluding carboxylic acids is 1. The molecule has 0 amide bonds. The molecule has 0 bridgehead atoms. The minimum absolute atomic E-state index is 0.0914. The van der Waals surface area contributed by atoms with Gasteiger partial charge in [0.15, 0.2) is 0 Å². The van der Waals surface area contributed by atoms with E-state index in [-0.39, 0.29) is 4.75 Å². The van der Waals surface area contributed by atoms with E-state index in [2.05, 4.69) is 12.8 Å². The molecule has 0 aromatic carbocycles. The van der Waals surface area contributed by atoms with E-state index in [4.69, 9.17) is 0 Å². The van der Waals surface area contributed by atoms with Crippen LogP contribution < -0.4 is 0 Å². The molecule has 1 nitrogen and oxygen atoms in total. The van der Waals surface area contributed by atoms with Crippen molar-refractivity contribution in [2.45, 2.75) is 31.4 Å². The highest BCUT2D eigenvalue weighted by Crippen LogP contribution is 2.47. The summed E-state index contributed by atoms with van der Waals surface area (Å²) in [6.07, 6.45) is 5.12. The van der Waals surface area contributed by atoms with Gasteiger partial charge in [0.2, 0.25) is 0 Å². The van der Waals surface area contributed by atoms with Crippen LogP contribution in [0, 0.1) is 0 Å². The molecule has 1 aliphatic carbocycles. The van der Waals surface area contributed by atoms with Crippen molar-refractivity contribution >= 4 is 18.0 Å². The Balaban J connectivity index is 3.16. The van der Waals surface area contributed by atoms with Crippen LogP contribution >= 0.6 is 11.8 Å². The molecule has 1 aliphatic rings. The molecule has 0 saturated carbocycles. The van der Waals surface area contributed by atoms with Crippen molar-refractivity contribution in [3.63, 3.8) is 0 Å². The molecule has 0 N–H and O–H groups in total. The first kappa shape index (κ1) is 10.6. The molecular weight excluding hydrogens is 180 g/mol. The van der Waals surface area contributed by atoms with Crippen molar-refractivity contribution in [2.75, 3.05) is 6.26 Å². The third kappa shape index (κ3) is 1.48. The van der Waals surface area contributed by atoms with Crippen LogP contribution in [0.5, 0.6) is 0 Å². The second kappa shape index (κ2) is 3.70. The second-order valence-electron chi connectivity index (χ2n) is 3.62. The molecule has 0 aromatic rings. The zero-order valence-electron chi connectivity index (χ0n) is 8.52. The molecule has 13 heavy (non-hydrogen) atoms. The van der Waals surface area contributed by atoms with Crippen molar-refractivity contribution in [3.05, 3.63) is 23.3 Å². The Bertz CT molecular complexity index is 278. The van der Waals surface area contributed by atoms with E-state index in [0.717, 1.165) is 30.3 Å². The molecule has 0 saturated heterocycles. The summed E-state index contributed by atoms with van der Waals surface area (Å²) in [5.41, 5.74) is 3.28. The molecule has 0 radical (unpaired) electrons. The Morgan fingerprint density at radius 1 is 1.69 bits per heavy atom. The van der Waals surface area contributed by atoms with Crippen molar-refractivity contribution in [1.29, 1.82) is 0 Å². The van der Waals surface area contributed by atoms with Crippen molar-refractivity contribution in [3.8, 4) is 0 Å². The van der Waals surface area contributed by atoms with Gasteiger partial charge in [0.25, 0.3) is 0 Å². The highest BCUT2D eigenvalue weighted by molar-refractivity contribution is 8.00. The Morgan fingerprint density at radius 2 is 2.31 bits per heavy atom. The van der Waals surface area contributed by atoms with Gasteiger partial charge in [-0.25, -0.2) is 0 Å². The summed E-state index contributed by atoms with van der Waals surface area (Å²) in [7, 11) is 0. The van der Waals surface area contributed by atoms with Crippen LogP contribution in [0.2, 0.25) is 0 Å². The molecule has 72 valence electrons. The third-order valence-electron chi connectivity index (χ3n) is 2.90. The van der Waals surface area contributed by atoms with Crippen LogP contribution in [0.15, 0.2) is 23.3 Å². The summed E-state index contributed by atoms with van der Waals surface area (Å²) in [6, 6.07) is 0. The summed E-state index contributed by atoms with van der Waals surface area (Å²) in [4.78, 5) is 11.0. The highest BCUT2D eigenvalue weighted by Gasteiger charge is 2.39. The van der Waals surface area contributed by atoms with E-state index in [9.17, 15) is 4.79 Å². The van der Waals surface area contributed by atoms with Gasteiger partial charge in [-0.05, 0) is 32.9 Å². The van der Waals surface area contributed by atoms with E-state index in [1.165, 1.54) is 5.57 Å². The Hall–Kier alpha value is -0.500. The zero-order valence-corrected chi connectivity index (χ0v) is 9.33. The maximum absolute atomic E-state index is 11.0. The number of aldehydes is 1.